The molecule has 0 bridgehead atoms. The molecule has 0 amide bonds. The van der Waals surface area contributed by atoms with Crippen molar-refractivity contribution in [2.45, 2.75) is 19.5 Å². The lowest BCUT2D eigenvalue weighted by Crippen LogP contribution is -2.27. The maximum Gasteiger partial charge on any atom is 0.347 e. The van der Waals surface area contributed by atoms with Gasteiger partial charge in [-0.15, -0.1) is 0 Å². The van der Waals surface area contributed by atoms with Crippen LogP contribution in [0.15, 0.2) is 39.8 Å². The van der Waals surface area contributed by atoms with Crippen LogP contribution in [0.5, 0.6) is 0 Å². The minimum atomic E-state index is -0.337. The van der Waals surface area contributed by atoms with E-state index in [0.29, 0.717) is 12.3 Å². The van der Waals surface area contributed by atoms with E-state index in [1.165, 1.54) is 10.8 Å². The van der Waals surface area contributed by atoms with E-state index in [2.05, 4.69) is 4.98 Å². The Labute approximate surface area is 92.5 Å². The molecule has 0 saturated heterocycles. The summed E-state index contributed by atoms with van der Waals surface area (Å²) < 4.78 is 6.86. The van der Waals surface area contributed by atoms with Crippen LogP contribution in [0.25, 0.3) is 0 Å². The summed E-state index contributed by atoms with van der Waals surface area (Å²) in [6.45, 7) is 2.21. The van der Waals surface area contributed by atoms with Crippen LogP contribution in [0, 0.1) is 6.92 Å². The van der Waals surface area contributed by atoms with Crippen molar-refractivity contribution in [1.82, 2.24) is 9.55 Å². The molecule has 5 nitrogen and oxygen atoms in total. The highest BCUT2D eigenvalue weighted by molar-refractivity contribution is 5.09. The minimum absolute atomic E-state index is 0.304. The largest absolute Gasteiger partial charge is 0.465 e. The van der Waals surface area contributed by atoms with Crippen molar-refractivity contribution in [3.8, 4) is 0 Å². The lowest BCUT2D eigenvalue weighted by atomic mass is 10.2. The smallest absolute Gasteiger partial charge is 0.347 e. The Morgan fingerprint density at radius 2 is 2.38 bits per heavy atom. The molecule has 2 rings (SSSR count). The Morgan fingerprint density at radius 1 is 1.56 bits per heavy atom. The molecule has 0 aliphatic carbocycles. The molecule has 0 aliphatic rings. The summed E-state index contributed by atoms with van der Waals surface area (Å²) in [5.74, 6) is 1.48. The highest BCUT2D eigenvalue weighted by atomic mass is 16.3. The molecule has 0 aromatic carbocycles. The second-order valence-electron chi connectivity index (χ2n) is 3.61. The van der Waals surface area contributed by atoms with Gasteiger partial charge >= 0.3 is 5.69 Å². The summed E-state index contributed by atoms with van der Waals surface area (Å²) in [6.07, 6.45) is 3.12. The quantitative estimate of drug-likeness (QED) is 0.830. The van der Waals surface area contributed by atoms with Gasteiger partial charge in [0.1, 0.15) is 11.5 Å². The molecule has 1 unspecified atom stereocenters. The fourth-order valence-electron chi connectivity index (χ4n) is 1.48. The molecule has 2 aromatic rings. The molecule has 0 aliphatic heterocycles. The fraction of sp³-hybridized carbons (Fsp3) is 0.273. The van der Waals surface area contributed by atoms with E-state index >= 15 is 0 Å². The van der Waals surface area contributed by atoms with Crippen molar-refractivity contribution < 1.29 is 4.42 Å². The van der Waals surface area contributed by atoms with Crippen LogP contribution < -0.4 is 11.4 Å². The molecule has 2 N–H and O–H groups in total. The average molecular weight is 219 g/mol. The van der Waals surface area contributed by atoms with Crippen molar-refractivity contribution in [3.63, 3.8) is 0 Å². The molecule has 0 saturated carbocycles. The zero-order valence-electron chi connectivity index (χ0n) is 8.96. The predicted octanol–water partition coefficient (Wildman–Crippen LogP) is 0.845. The van der Waals surface area contributed by atoms with E-state index in [1.807, 2.05) is 19.1 Å². The summed E-state index contributed by atoms with van der Waals surface area (Å²) in [5.41, 5.74) is 5.62. The van der Waals surface area contributed by atoms with Crippen LogP contribution in [-0.2, 0) is 6.54 Å². The Kier molecular flexibility index (Phi) is 2.87. The molecule has 2 aromatic heterocycles. The Bertz CT molecular complexity index is 530. The zero-order valence-corrected chi connectivity index (χ0v) is 8.96. The van der Waals surface area contributed by atoms with E-state index in [-0.39, 0.29) is 11.7 Å². The minimum Gasteiger partial charge on any atom is -0.465 e. The number of hydrogen-bond donors (Lipinski definition) is 1. The SMILES string of the molecule is Cc1ccc(C(N)Cn2cccnc2=O)o1. The molecular formula is C11H13N3O2. The van der Waals surface area contributed by atoms with Crippen LogP contribution in [-0.4, -0.2) is 9.55 Å². The normalized spacial score (nSPS) is 12.6. The second kappa shape index (κ2) is 4.32. The maximum absolute atomic E-state index is 11.4. The highest BCUT2D eigenvalue weighted by Crippen LogP contribution is 2.14. The fourth-order valence-corrected chi connectivity index (χ4v) is 1.48. The molecule has 16 heavy (non-hydrogen) atoms. The van der Waals surface area contributed by atoms with E-state index in [0.717, 1.165) is 5.76 Å². The number of rotatable bonds is 3. The van der Waals surface area contributed by atoms with Crippen molar-refractivity contribution >= 4 is 0 Å². The summed E-state index contributed by atoms with van der Waals surface area (Å²) >= 11 is 0. The molecule has 0 fully saturated rings. The van der Waals surface area contributed by atoms with Gasteiger partial charge in [-0.05, 0) is 25.1 Å². The summed E-state index contributed by atoms with van der Waals surface area (Å²) in [7, 11) is 0. The first-order valence-electron chi connectivity index (χ1n) is 5.00. The zero-order chi connectivity index (χ0) is 11.5. The number of furan rings is 1. The van der Waals surface area contributed by atoms with Crippen LogP contribution in [0.4, 0.5) is 0 Å². The standard InChI is InChI=1S/C11H13N3O2/c1-8-3-4-10(16-8)9(12)7-14-6-2-5-13-11(14)15/h2-6,9H,7,12H2,1H3. The topological polar surface area (TPSA) is 74.1 Å². The van der Waals surface area contributed by atoms with Gasteiger partial charge in [0.05, 0.1) is 6.04 Å². The maximum atomic E-state index is 11.4. The Balaban J connectivity index is 2.17. The van der Waals surface area contributed by atoms with Gasteiger partial charge in [0.25, 0.3) is 0 Å². The van der Waals surface area contributed by atoms with Gasteiger partial charge < -0.3 is 10.2 Å². The predicted molar refractivity (Wildman–Crippen MR) is 58.9 cm³/mol. The first-order valence-corrected chi connectivity index (χ1v) is 5.00. The van der Waals surface area contributed by atoms with E-state index in [1.54, 1.807) is 12.3 Å². The summed E-state index contributed by atoms with van der Waals surface area (Å²) in [5, 5.41) is 0. The van der Waals surface area contributed by atoms with Crippen molar-refractivity contribution in [2.75, 3.05) is 0 Å². The van der Waals surface area contributed by atoms with Gasteiger partial charge in [0, 0.05) is 18.9 Å². The van der Waals surface area contributed by atoms with Crippen molar-refractivity contribution in [2.24, 2.45) is 5.73 Å². The number of aryl methyl sites for hydroxylation is 1. The number of nitrogens with zero attached hydrogens (tertiary/aromatic N) is 2. The molecule has 0 radical (unpaired) electrons. The Hall–Kier alpha value is -1.88. The summed E-state index contributed by atoms with van der Waals surface area (Å²) in [6, 6.07) is 5.03. The molecule has 1 atom stereocenters. The first-order chi connectivity index (χ1) is 7.66. The number of hydrogen-bond acceptors (Lipinski definition) is 4. The second-order valence-corrected chi connectivity index (χ2v) is 3.61. The van der Waals surface area contributed by atoms with Crippen molar-refractivity contribution in [1.29, 1.82) is 0 Å². The molecule has 0 spiro atoms. The molecule has 2 heterocycles. The monoisotopic (exact) mass is 219 g/mol. The Morgan fingerprint density at radius 3 is 3.00 bits per heavy atom. The van der Waals surface area contributed by atoms with Gasteiger partial charge in [-0.3, -0.25) is 4.57 Å². The number of aromatic nitrogens is 2. The number of nitrogens with two attached hydrogens (primary N) is 1. The van der Waals surface area contributed by atoms with Gasteiger partial charge in [-0.25, -0.2) is 9.78 Å². The molecule has 84 valence electrons. The highest BCUT2D eigenvalue weighted by Gasteiger charge is 2.11. The van der Waals surface area contributed by atoms with E-state index in [4.69, 9.17) is 10.2 Å². The average Bonchev–Trinajstić information content (AvgIpc) is 2.68. The van der Waals surface area contributed by atoms with Crippen LogP contribution in [0.3, 0.4) is 0 Å². The molecular weight excluding hydrogens is 206 g/mol. The lowest BCUT2D eigenvalue weighted by molar-refractivity contribution is 0.415. The summed E-state index contributed by atoms with van der Waals surface area (Å²) in [4.78, 5) is 15.0. The van der Waals surface area contributed by atoms with Gasteiger partial charge in [-0.1, -0.05) is 0 Å². The third kappa shape index (κ3) is 2.20. The lowest BCUT2D eigenvalue weighted by Gasteiger charge is -2.10. The first kappa shape index (κ1) is 10.6. The van der Waals surface area contributed by atoms with Gasteiger partial charge in [0.15, 0.2) is 0 Å². The third-order valence-corrected chi connectivity index (χ3v) is 2.30. The van der Waals surface area contributed by atoms with Gasteiger partial charge in [-0.2, -0.15) is 0 Å². The molecule has 5 heteroatoms. The van der Waals surface area contributed by atoms with Gasteiger partial charge in [0.2, 0.25) is 0 Å². The van der Waals surface area contributed by atoms with Crippen LogP contribution in [0.1, 0.15) is 17.6 Å². The van der Waals surface area contributed by atoms with Crippen molar-refractivity contribution in [3.05, 3.63) is 52.6 Å². The van der Waals surface area contributed by atoms with E-state index < -0.39 is 0 Å². The van der Waals surface area contributed by atoms with Crippen LogP contribution >= 0.6 is 0 Å². The van der Waals surface area contributed by atoms with E-state index in [9.17, 15) is 4.79 Å². The third-order valence-electron chi connectivity index (χ3n) is 2.30. The van der Waals surface area contributed by atoms with Crippen LogP contribution in [0.2, 0.25) is 0 Å².